The number of benzene rings is 1. The first kappa shape index (κ1) is 20.6. The Morgan fingerprint density at radius 2 is 1.58 bits per heavy atom. The van der Waals surface area contributed by atoms with Gasteiger partial charge in [0.15, 0.2) is 0 Å². The van der Waals surface area contributed by atoms with Crippen molar-refractivity contribution in [3.8, 4) is 0 Å². The average molecular weight is 353 g/mol. The molecular formula is C24H36N2. The molecule has 3 unspecified atom stereocenters. The topological polar surface area (TPSA) is 24.7 Å². The van der Waals surface area contributed by atoms with Crippen molar-refractivity contribution in [1.82, 2.24) is 0 Å². The molecule has 0 spiro atoms. The van der Waals surface area contributed by atoms with E-state index in [4.69, 9.17) is 9.98 Å². The molecule has 0 N–H and O–H groups in total. The van der Waals surface area contributed by atoms with E-state index in [1.54, 1.807) is 0 Å². The summed E-state index contributed by atoms with van der Waals surface area (Å²) >= 11 is 0. The van der Waals surface area contributed by atoms with Crippen molar-refractivity contribution >= 4 is 17.1 Å². The lowest BCUT2D eigenvalue weighted by Crippen LogP contribution is -2.34. The zero-order chi connectivity index (χ0) is 19.6. The van der Waals surface area contributed by atoms with Crippen LogP contribution in [0.3, 0.4) is 0 Å². The molecule has 1 aromatic carbocycles. The van der Waals surface area contributed by atoms with E-state index in [1.807, 2.05) is 0 Å². The van der Waals surface area contributed by atoms with Crippen LogP contribution in [-0.2, 0) is 0 Å². The van der Waals surface area contributed by atoms with Crippen LogP contribution in [0.1, 0.15) is 71.1 Å². The summed E-state index contributed by atoms with van der Waals surface area (Å²) in [6.45, 7) is 19.8. The monoisotopic (exact) mass is 352 g/mol. The fourth-order valence-electron chi connectivity index (χ4n) is 4.13. The van der Waals surface area contributed by atoms with Gasteiger partial charge in [-0.25, -0.2) is 0 Å². The summed E-state index contributed by atoms with van der Waals surface area (Å²) in [5.74, 6) is 1.26. The van der Waals surface area contributed by atoms with E-state index in [0.717, 1.165) is 29.4 Å². The maximum atomic E-state index is 5.21. The molecule has 1 aromatic rings. The van der Waals surface area contributed by atoms with Gasteiger partial charge >= 0.3 is 0 Å². The molecule has 0 amide bonds. The summed E-state index contributed by atoms with van der Waals surface area (Å²) in [4.78, 5) is 10.2. The van der Waals surface area contributed by atoms with Gasteiger partial charge in [-0.15, -0.1) is 0 Å². The first-order valence-electron chi connectivity index (χ1n) is 9.91. The number of hydrogen-bond acceptors (Lipinski definition) is 2. The van der Waals surface area contributed by atoms with Gasteiger partial charge in [-0.1, -0.05) is 37.6 Å². The van der Waals surface area contributed by atoms with E-state index < -0.39 is 0 Å². The lowest BCUT2D eigenvalue weighted by molar-refractivity contribution is 0.318. The average Bonchev–Trinajstić information content (AvgIpc) is 2.63. The van der Waals surface area contributed by atoms with Crippen LogP contribution in [0.25, 0.3) is 0 Å². The van der Waals surface area contributed by atoms with Gasteiger partial charge in [0.05, 0.1) is 22.6 Å². The van der Waals surface area contributed by atoms with Crippen molar-refractivity contribution in [2.24, 2.45) is 21.8 Å². The van der Waals surface area contributed by atoms with Gasteiger partial charge in [0.2, 0.25) is 0 Å². The van der Waals surface area contributed by atoms with Gasteiger partial charge < -0.3 is 0 Å². The van der Waals surface area contributed by atoms with Gasteiger partial charge in [-0.2, -0.15) is 0 Å². The third-order valence-corrected chi connectivity index (χ3v) is 6.18. The standard InChI is InChI=1S/C24H36N2/c1-15-10-11-19(5)24(9,20(6)14-15)26-22(8)21(7)25-23-17(3)12-16(2)13-18(23)4/h11-13,15,20H,10,14H2,1-9H3. The summed E-state index contributed by atoms with van der Waals surface area (Å²) in [5, 5.41) is 0. The Labute approximate surface area is 160 Å². The predicted molar refractivity (Wildman–Crippen MR) is 116 cm³/mol. The molecule has 0 aromatic heterocycles. The van der Waals surface area contributed by atoms with Gasteiger partial charge in [0.25, 0.3) is 0 Å². The second kappa shape index (κ2) is 7.90. The zero-order valence-electron chi connectivity index (χ0n) is 18.2. The van der Waals surface area contributed by atoms with Crippen LogP contribution in [0.15, 0.2) is 33.8 Å². The van der Waals surface area contributed by atoms with Crippen molar-refractivity contribution < 1.29 is 0 Å². The number of hydrogen-bond donors (Lipinski definition) is 0. The predicted octanol–water partition coefficient (Wildman–Crippen LogP) is 6.94. The quantitative estimate of drug-likeness (QED) is 0.416. The zero-order valence-corrected chi connectivity index (χ0v) is 18.2. The Morgan fingerprint density at radius 3 is 2.15 bits per heavy atom. The number of aliphatic imine (C=N–C) groups is 2. The van der Waals surface area contributed by atoms with Gasteiger partial charge in [0, 0.05) is 0 Å². The largest absolute Gasteiger partial charge is 0.277 e. The summed E-state index contributed by atoms with van der Waals surface area (Å²) in [6.07, 6.45) is 4.77. The van der Waals surface area contributed by atoms with Crippen LogP contribution in [0.5, 0.6) is 0 Å². The molecule has 0 heterocycles. The molecular weight excluding hydrogens is 316 g/mol. The van der Waals surface area contributed by atoms with Crippen molar-refractivity contribution in [2.45, 2.75) is 80.7 Å². The lowest BCUT2D eigenvalue weighted by Gasteiger charge is -2.33. The highest BCUT2D eigenvalue weighted by Crippen LogP contribution is 2.38. The molecule has 0 radical (unpaired) electrons. The van der Waals surface area contributed by atoms with Crippen LogP contribution in [-0.4, -0.2) is 17.0 Å². The minimum atomic E-state index is -0.136. The third-order valence-electron chi connectivity index (χ3n) is 6.18. The first-order chi connectivity index (χ1) is 12.0. The van der Waals surface area contributed by atoms with Crippen molar-refractivity contribution in [3.05, 3.63) is 40.5 Å². The molecule has 2 nitrogen and oxygen atoms in total. The summed E-state index contributed by atoms with van der Waals surface area (Å²) in [7, 11) is 0. The Morgan fingerprint density at radius 1 is 1.00 bits per heavy atom. The molecule has 0 saturated carbocycles. The molecule has 2 rings (SSSR count). The minimum absolute atomic E-state index is 0.136. The maximum Gasteiger partial charge on any atom is 0.0815 e. The van der Waals surface area contributed by atoms with Gasteiger partial charge in [0.1, 0.15) is 0 Å². The first-order valence-corrected chi connectivity index (χ1v) is 9.91. The van der Waals surface area contributed by atoms with Crippen molar-refractivity contribution in [1.29, 1.82) is 0 Å². The van der Waals surface area contributed by atoms with Crippen LogP contribution in [0.4, 0.5) is 5.69 Å². The van der Waals surface area contributed by atoms with Gasteiger partial charge in [-0.05, 0) is 89.8 Å². The van der Waals surface area contributed by atoms with Crippen molar-refractivity contribution in [2.75, 3.05) is 0 Å². The van der Waals surface area contributed by atoms with E-state index in [1.165, 1.54) is 28.7 Å². The highest BCUT2D eigenvalue weighted by molar-refractivity contribution is 6.41. The number of nitrogens with zero attached hydrogens (tertiary/aromatic N) is 2. The fourth-order valence-corrected chi connectivity index (χ4v) is 4.13. The molecule has 142 valence electrons. The molecule has 2 heteroatoms. The lowest BCUT2D eigenvalue weighted by atomic mass is 9.79. The van der Waals surface area contributed by atoms with Gasteiger partial charge in [-0.3, -0.25) is 9.98 Å². The minimum Gasteiger partial charge on any atom is -0.277 e. The van der Waals surface area contributed by atoms with Crippen LogP contribution >= 0.6 is 0 Å². The third kappa shape index (κ3) is 4.34. The number of aryl methyl sites for hydroxylation is 3. The SMILES string of the molecule is CC1=CCC(C)CC(C)C1(C)N=C(C)C(C)=Nc1c(C)cc(C)cc1C. The summed E-state index contributed by atoms with van der Waals surface area (Å²) in [5.41, 5.74) is 8.15. The molecule has 0 aliphatic heterocycles. The van der Waals surface area contributed by atoms with E-state index in [-0.39, 0.29) is 5.54 Å². The highest BCUT2D eigenvalue weighted by atomic mass is 14.9. The number of allylic oxidation sites excluding steroid dienone is 1. The summed E-state index contributed by atoms with van der Waals surface area (Å²) in [6, 6.07) is 4.41. The fraction of sp³-hybridized carbons (Fsp3) is 0.583. The Bertz CT molecular complexity index is 743. The highest BCUT2D eigenvalue weighted by Gasteiger charge is 2.35. The van der Waals surface area contributed by atoms with E-state index in [2.05, 4.69) is 80.5 Å². The number of rotatable bonds is 3. The van der Waals surface area contributed by atoms with Crippen molar-refractivity contribution in [3.63, 3.8) is 0 Å². The van der Waals surface area contributed by atoms with E-state index in [9.17, 15) is 0 Å². The Kier molecular flexibility index (Phi) is 6.26. The molecule has 0 saturated heterocycles. The summed E-state index contributed by atoms with van der Waals surface area (Å²) < 4.78 is 0. The van der Waals surface area contributed by atoms with Crippen LogP contribution in [0, 0.1) is 32.6 Å². The Balaban J connectivity index is 2.42. The molecule has 26 heavy (non-hydrogen) atoms. The second-order valence-corrected chi connectivity index (χ2v) is 8.65. The maximum absolute atomic E-state index is 5.21. The molecule has 1 aliphatic carbocycles. The van der Waals surface area contributed by atoms with Crippen LogP contribution < -0.4 is 0 Å². The van der Waals surface area contributed by atoms with Crippen LogP contribution in [0.2, 0.25) is 0 Å². The molecule has 1 aliphatic rings. The molecule has 0 bridgehead atoms. The van der Waals surface area contributed by atoms with E-state index >= 15 is 0 Å². The smallest absolute Gasteiger partial charge is 0.0815 e. The van der Waals surface area contributed by atoms with E-state index in [0.29, 0.717) is 5.92 Å². The Hall–Kier alpha value is -1.70. The second-order valence-electron chi connectivity index (χ2n) is 8.65. The molecule has 3 atom stereocenters. The molecule has 0 fully saturated rings. The normalized spacial score (nSPS) is 28.0.